The summed E-state index contributed by atoms with van der Waals surface area (Å²) in [5.41, 5.74) is 0.406. The van der Waals surface area contributed by atoms with E-state index < -0.39 is 47.3 Å². The lowest BCUT2D eigenvalue weighted by Crippen LogP contribution is -2.34. The molecule has 7 rings (SSSR count). The summed E-state index contributed by atoms with van der Waals surface area (Å²) in [4.78, 5) is 47.3. The molecule has 4 heterocycles. The minimum absolute atomic E-state index is 0.00750. The van der Waals surface area contributed by atoms with Crippen LogP contribution in [0, 0.1) is 34.9 Å². The zero-order valence-electron chi connectivity index (χ0n) is 32.6. The lowest BCUT2D eigenvalue weighted by atomic mass is 10.0. The van der Waals surface area contributed by atoms with Crippen LogP contribution in [0.5, 0.6) is 17.2 Å². The summed E-state index contributed by atoms with van der Waals surface area (Å²) in [6.45, 7) is -0.167. The van der Waals surface area contributed by atoms with Gasteiger partial charge in [0.15, 0.2) is 52.9 Å². The Morgan fingerprint density at radius 2 is 1.19 bits per heavy atom. The van der Waals surface area contributed by atoms with Crippen molar-refractivity contribution in [2.75, 3.05) is 55.2 Å². The third-order valence-electron chi connectivity index (χ3n) is 7.96. The van der Waals surface area contributed by atoms with E-state index in [4.69, 9.17) is 49.4 Å². The number of rotatable bonds is 9. The molecule has 1 unspecified atom stereocenters. The third-order valence-corrected chi connectivity index (χ3v) is 9.02. The molecule has 3 aromatic carbocycles. The molecule has 1 aliphatic heterocycles. The Kier molecular flexibility index (Phi) is 18.5. The molecule has 0 aliphatic carbocycles. The largest absolute Gasteiger partial charge is 0.503 e. The summed E-state index contributed by atoms with van der Waals surface area (Å²) in [7, 11) is 4.99. The van der Waals surface area contributed by atoms with Crippen LogP contribution in [0.3, 0.4) is 0 Å². The second-order valence-electron chi connectivity index (χ2n) is 12.3. The molecule has 14 nitrogen and oxygen atoms in total. The van der Waals surface area contributed by atoms with E-state index in [0.29, 0.717) is 34.8 Å². The van der Waals surface area contributed by atoms with Crippen LogP contribution < -0.4 is 25.0 Å². The standard InChI is InChI=1S/C13H10ClF2N3O2.C13H10ClF2N3O.C8H5BrF2O.C5H6ClN3O/c1-17-12-11(5-18-13(14)19-12)21-6-10(20)7-2-8(15)4-9(16)3-7;1-19-10(7-2-8(15)4-9(16)3-7)6-20-11-5-17-13(14)18-12(11)19;9-4-8(12)5-1-6(10)3-7(11)2-5;1-7-4-3(10)2-8-5(6)9-4/h2-5H,6H2,1H3,(H,17,18,19);2-5,10H,6H2,1H3;1-3H,4H2;2,10H,1H3,(H,7,8,9). The van der Waals surface area contributed by atoms with Crippen molar-refractivity contribution in [3.63, 3.8) is 0 Å². The molecular formula is C39H31BrCl3F6N9O5. The van der Waals surface area contributed by atoms with Gasteiger partial charge in [-0.15, -0.1) is 0 Å². The minimum atomic E-state index is -0.830. The number of nitrogens with one attached hydrogen (secondary N) is 2. The van der Waals surface area contributed by atoms with Crippen LogP contribution in [0.4, 0.5) is 43.8 Å². The van der Waals surface area contributed by atoms with Gasteiger partial charge >= 0.3 is 0 Å². The first-order valence-corrected chi connectivity index (χ1v) is 19.8. The number of nitrogens with zero attached hydrogens (tertiary/aromatic N) is 7. The fraction of sp³-hybridized carbons (Fsp3) is 0.179. The van der Waals surface area contributed by atoms with Crippen LogP contribution >= 0.6 is 50.7 Å². The van der Waals surface area contributed by atoms with Crippen molar-refractivity contribution >= 4 is 79.8 Å². The van der Waals surface area contributed by atoms with Gasteiger partial charge in [-0.2, -0.15) is 15.0 Å². The number of aromatic hydroxyl groups is 1. The summed E-state index contributed by atoms with van der Waals surface area (Å²) < 4.78 is 88.5. The van der Waals surface area contributed by atoms with Crippen LogP contribution in [0.25, 0.3) is 0 Å². The molecule has 6 aromatic rings. The molecule has 24 heteroatoms. The highest BCUT2D eigenvalue weighted by atomic mass is 79.9. The van der Waals surface area contributed by atoms with E-state index in [1.165, 1.54) is 30.7 Å². The highest BCUT2D eigenvalue weighted by Gasteiger charge is 2.29. The monoisotopic (exact) mass is 1000 g/mol. The maximum Gasteiger partial charge on any atom is 0.224 e. The first-order valence-electron chi connectivity index (χ1n) is 17.5. The van der Waals surface area contributed by atoms with Gasteiger partial charge in [0.05, 0.1) is 30.0 Å². The summed E-state index contributed by atoms with van der Waals surface area (Å²) in [6.07, 6.45) is 4.01. The Labute approximate surface area is 377 Å². The van der Waals surface area contributed by atoms with E-state index in [1.807, 2.05) is 0 Å². The van der Waals surface area contributed by atoms with Gasteiger partial charge in [0.2, 0.25) is 15.9 Å². The van der Waals surface area contributed by atoms with Gasteiger partial charge in [0.25, 0.3) is 0 Å². The van der Waals surface area contributed by atoms with E-state index in [-0.39, 0.29) is 62.2 Å². The van der Waals surface area contributed by atoms with Crippen molar-refractivity contribution in [3.05, 3.63) is 141 Å². The molecule has 0 radical (unpaired) electrons. The van der Waals surface area contributed by atoms with Crippen LogP contribution in [0.1, 0.15) is 32.3 Å². The molecule has 332 valence electrons. The number of carbonyl (C=O) groups excluding carboxylic acids is 2. The number of benzene rings is 3. The number of Topliss-reactive ketones (excluding diaryl/α,β-unsaturated/α-hetero) is 2. The molecule has 1 atom stereocenters. The van der Waals surface area contributed by atoms with Crippen LogP contribution in [-0.4, -0.2) is 86.3 Å². The molecule has 1 aliphatic rings. The maximum absolute atomic E-state index is 13.3. The van der Waals surface area contributed by atoms with Crippen molar-refractivity contribution in [3.8, 4) is 17.2 Å². The molecule has 0 amide bonds. The smallest absolute Gasteiger partial charge is 0.224 e. The van der Waals surface area contributed by atoms with Crippen molar-refractivity contribution in [2.45, 2.75) is 6.04 Å². The summed E-state index contributed by atoms with van der Waals surface area (Å²) >= 11 is 19.7. The van der Waals surface area contributed by atoms with Gasteiger partial charge in [0.1, 0.15) is 41.5 Å². The molecule has 3 N–H and O–H groups in total. The zero-order valence-corrected chi connectivity index (χ0v) is 36.5. The number of hydrogen-bond acceptors (Lipinski definition) is 14. The Hall–Kier alpha value is -6.03. The van der Waals surface area contributed by atoms with Gasteiger partial charge in [-0.05, 0) is 76.8 Å². The number of halogens is 10. The van der Waals surface area contributed by atoms with Gasteiger partial charge in [-0.25, -0.2) is 41.3 Å². The van der Waals surface area contributed by atoms with Crippen molar-refractivity contribution < 1.29 is 50.5 Å². The molecule has 0 spiro atoms. The second kappa shape index (κ2) is 23.4. The van der Waals surface area contributed by atoms with E-state index in [0.717, 1.165) is 36.4 Å². The first kappa shape index (κ1) is 49.6. The summed E-state index contributed by atoms with van der Waals surface area (Å²) in [5, 5.41) is 14.7. The Morgan fingerprint density at radius 3 is 1.70 bits per heavy atom. The van der Waals surface area contributed by atoms with Gasteiger partial charge < -0.3 is 30.1 Å². The lowest BCUT2D eigenvalue weighted by molar-refractivity contribution is 0.0920. The quantitative estimate of drug-likeness (QED) is 0.0541. The predicted octanol–water partition coefficient (Wildman–Crippen LogP) is 9.11. The van der Waals surface area contributed by atoms with E-state index in [1.54, 1.807) is 26.0 Å². The first-order chi connectivity index (χ1) is 29.9. The number of fused-ring (bicyclic) bond motifs is 1. The molecule has 0 bridgehead atoms. The lowest BCUT2D eigenvalue weighted by Gasteiger charge is -2.34. The molecule has 0 saturated heterocycles. The van der Waals surface area contributed by atoms with Crippen LogP contribution in [0.15, 0.2) is 73.2 Å². The fourth-order valence-electron chi connectivity index (χ4n) is 5.12. The average Bonchev–Trinajstić information content (AvgIpc) is 3.23. The maximum atomic E-state index is 13.3. The normalized spacial score (nSPS) is 12.4. The van der Waals surface area contributed by atoms with Gasteiger partial charge in [0, 0.05) is 50.5 Å². The molecule has 0 saturated carbocycles. The highest BCUT2D eigenvalue weighted by Crippen LogP contribution is 2.37. The predicted molar refractivity (Wildman–Crippen MR) is 226 cm³/mol. The Balaban J connectivity index is 0.000000193. The van der Waals surface area contributed by atoms with Crippen molar-refractivity contribution in [2.24, 2.45) is 0 Å². The van der Waals surface area contributed by atoms with Crippen LogP contribution in [0.2, 0.25) is 15.9 Å². The topological polar surface area (TPSA) is 177 Å². The van der Waals surface area contributed by atoms with E-state index in [9.17, 15) is 35.9 Å². The number of likely N-dealkylation sites (N-methyl/N-ethyl adjacent to an activating group) is 1. The summed E-state index contributed by atoms with van der Waals surface area (Å²) in [6, 6.07) is 8.34. The van der Waals surface area contributed by atoms with E-state index in [2.05, 4.69) is 56.5 Å². The van der Waals surface area contributed by atoms with E-state index >= 15 is 0 Å². The SMILES string of the molecule is CN1c2nc(Cl)ncc2OCC1c1cc(F)cc(F)c1.CNc1nc(Cl)ncc1O.CNc1nc(Cl)ncc1OCC(=O)c1cc(F)cc(F)c1.O=C(CBr)c1cc(F)cc(F)c1. The fourth-order valence-corrected chi connectivity index (χ4v) is 5.84. The minimum Gasteiger partial charge on any atom is -0.503 e. The number of aromatic nitrogens is 6. The number of anilines is 3. The number of ether oxygens (including phenoxy) is 2. The molecule has 63 heavy (non-hydrogen) atoms. The number of hydrogen-bond donors (Lipinski definition) is 3. The van der Waals surface area contributed by atoms with Crippen LogP contribution in [-0.2, 0) is 0 Å². The number of carbonyl (C=O) groups is 2. The number of ketones is 2. The second-order valence-corrected chi connectivity index (χ2v) is 13.9. The van der Waals surface area contributed by atoms with Gasteiger partial charge in [-0.3, -0.25) is 9.59 Å². The third kappa shape index (κ3) is 14.8. The summed E-state index contributed by atoms with van der Waals surface area (Å²) in [5.74, 6) is -3.49. The average molecular weight is 1010 g/mol. The molecular weight excluding hydrogens is 975 g/mol. The molecule has 0 fully saturated rings. The highest BCUT2D eigenvalue weighted by molar-refractivity contribution is 9.09. The Bertz CT molecular complexity index is 2520. The number of alkyl halides is 1. The zero-order chi connectivity index (χ0) is 46.4. The Morgan fingerprint density at radius 1 is 0.730 bits per heavy atom. The molecule has 3 aromatic heterocycles. The van der Waals surface area contributed by atoms with Gasteiger partial charge in [-0.1, -0.05) is 15.9 Å². The van der Waals surface area contributed by atoms with Crippen molar-refractivity contribution in [1.82, 2.24) is 29.9 Å². The van der Waals surface area contributed by atoms with Crippen molar-refractivity contribution in [1.29, 1.82) is 0 Å².